The molecule has 3 heteroatoms. The molecule has 1 aliphatic rings. The lowest BCUT2D eigenvalue weighted by atomic mass is 9.87. The predicted molar refractivity (Wildman–Crippen MR) is 73.1 cm³/mol. The fraction of sp³-hybridized carbons (Fsp3) is 0.857. The SMILES string of the molecule is C=C(C)COCCNC1(CN)CCC(C)(C)C1. The second-order valence-electron chi connectivity index (χ2n) is 6.26. The summed E-state index contributed by atoms with van der Waals surface area (Å²) < 4.78 is 5.49. The van der Waals surface area contributed by atoms with E-state index >= 15 is 0 Å². The fourth-order valence-corrected chi connectivity index (χ4v) is 2.70. The monoisotopic (exact) mass is 240 g/mol. The molecule has 100 valence electrons. The minimum absolute atomic E-state index is 0.135. The van der Waals surface area contributed by atoms with Gasteiger partial charge in [0, 0.05) is 18.6 Å². The molecule has 3 N–H and O–H groups in total. The van der Waals surface area contributed by atoms with Gasteiger partial charge >= 0.3 is 0 Å². The summed E-state index contributed by atoms with van der Waals surface area (Å²) in [6.07, 6.45) is 3.60. The van der Waals surface area contributed by atoms with E-state index in [-0.39, 0.29) is 5.54 Å². The average Bonchev–Trinajstić information content (AvgIpc) is 2.54. The van der Waals surface area contributed by atoms with Crippen molar-refractivity contribution in [1.29, 1.82) is 0 Å². The van der Waals surface area contributed by atoms with Gasteiger partial charge in [-0.25, -0.2) is 0 Å². The highest BCUT2D eigenvalue weighted by Crippen LogP contribution is 2.42. The first-order valence-corrected chi connectivity index (χ1v) is 6.56. The van der Waals surface area contributed by atoms with E-state index in [0.717, 1.165) is 31.7 Å². The predicted octanol–water partition coefficient (Wildman–Crippen LogP) is 2.08. The van der Waals surface area contributed by atoms with Crippen LogP contribution < -0.4 is 11.1 Å². The molecule has 0 heterocycles. The Bertz CT molecular complexity index is 263. The van der Waals surface area contributed by atoms with Crippen LogP contribution >= 0.6 is 0 Å². The Kier molecular flexibility index (Phi) is 5.17. The third-order valence-electron chi connectivity index (χ3n) is 3.58. The summed E-state index contributed by atoms with van der Waals surface area (Å²) in [5.41, 5.74) is 7.56. The lowest BCUT2D eigenvalue weighted by Crippen LogP contribution is -2.50. The van der Waals surface area contributed by atoms with Crippen LogP contribution in [0.3, 0.4) is 0 Å². The van der Waals surface area contributed by atoms with Crippen molar-refractivity contribution >= 4 is 0 Å². The van der Waals surface area contributed by atoms with Crippen LogP contribution in [0.1, 0.15) is 40.0 Å². The Hall–Kier alpha value is -0.380. The van der Waals surface area contributed by atoms with Gasteiger partial charge < -0.3 is 15.8 Å². The van der Waals surface area contributed by atoms with Crippen LogP contribution in [0.15, 0.2) is 12.2 Å². The number of hydrogen-bond donors (Lipinski definition) is 2. The molecule has 0 bridgehead atoms. The van der Waals surface area contributed by atoms with Gasteiger partial charge in [-0.05, 0) is 31.6 Å². The summed E-state index contributed by atoms with van der Waals surface area (Å²) in [5.74, 6) is 0. The Morgan fingerprint density at radius 1 is 1.41 bits per heavy atom. The van der Waals surface area contributed by atoms with Crippen molar-refractivity contribution in [1.82, 2.24) is 5.32 Å². The largest absolute Gasteiger partial charge is 0.376 e. The van der Waals surface area contributed by atoms with Crippen molar-refractivity contribution in [2.75, 3.05) is 26.3 Å². The molecule has 1 rings (SSSR count). The molecule has 0 aromatic heterocycles. The first-order valence-electron chi connectivity index (χ1n) is 6.56. The molecule has 1 saturated carbocycles. The van der Waals surface area contributed by atoms with Crippen LogP contribution in [-0.4, -0.2) is 31.8 Å². The second-order valence-corrected chi connectivity index (χ2v) is 6.26. The van der Waals surface area contributed by atoms with Crippen LogP contribution in [0.5, 0.6) is 0 Å². The van der Waals surface area contributed by atoms with Crippen LogP contribution in [0, 0.1) is 5.41 Å². The molecule has 1 aliphatic carbocycles. The topological polar surface area (TPSA) is 47.3 Å². The van der Waals surface area contributed by atoms with Crippen LogP contribution in [0.25, 0.3) is 0 Å². The molecule has 0 spiro atoms. The standard InChI is InChI=1S/C14H28N2O/c1-12(2)9-17-8-7-16-14(11-15)6-5-13(3,4)10-14/h16H,1,5-11,15H2,2-4H3. The van der Waals surface area contributed by atoms with Gasteiger partial charge in [-0.15, -0.1) is 0 Å². The third kappa shape index (κ3) is 4.78. The Morgan fingerprint density at radius 2 is 2.12 bits per heavy atom. The summed E-state index contributed by atoms with van der Waals surface area (Å²) in [6, 6.07) is 0. The maximum absolute atomic E-state index is 5.94. The maximum atomic E-state index is 5.94. The molecule has 3 nitrogen and oxygen atoms in total. The quantitative estimate of drug-likeness (QED) is 0.529. The zero-order valence-corrected chi connectivity index (χ0v) is 11.6. The lowest BCUT2D eigenvalue weighted by molar-refractivity contribution is 0.146. The van der Waals surface area contributed by atoms with Crippen molar-refractivity contribution < 1.29 is 4.74 Å². The van der Waals surface area contributed by atoms with Gasteiger partial charge in [0.05, 0.1) is 13.2 Å². The lowest BCUT2D eigenvalue weighted by Gasteiger charge is -2.31. The number of nitrogens with one attached hydrogen (secondary N) is 1. The van der Waals surface area contributed by atoms with Gasteiger partial charge in [0.15, 0.2) is 0 Å². The molecular weight excluding hydrogens is 212 g/mol. The molecule has 1 fully saturated rings. The summed E-state index contributed by atoms with van der Waals surface area (Å²) in [6.45, 7) is 13.4. The van der Waals surface area contributed by atoms with E-state index in [9.17, 15) is 0 Å². The Morgan fingerprint density at radius 3 is 2.59 bits per heavy atom. The van der Waals surface area contributed by atoms with E-state index in [1.54, 1.807) is 0 Å². The zero-order chi connectivity index (χ0) is 12.9. The number of nitrogens with two attached hydrogens (primary N) is 1. The van der Waals surface area contributed by atoms with Crippen molar-refractivity contribution in [2.24, 2.45) is 11.1 Å². The van der Waals surface area contributed by atoms with E-state index < -0.39 is 0 Å². The third-order valence-corrected chi connectivity index (χ3v) is 3.58. The molecule has 0 saturated heterocycles. The number of rotatable bonds is 7. The van der Waals surface area contributed by atoms with E-state index in [0.29, 0.717) is 12.0 Å². The number of hydrogen-bond acceptors (Lipinski definition) is 3. The first-order chi connectivity index (χ1) is 7.89. The smallest absolute Gasteiger partial charge is 0.0672 e. The molecule has 0 aliphatic heterocycles. The van der Waals surface area contributed by atoms with Crippen LogP contribution in [-0.2, 0) is 4.74 Å². The van der Waals surface area contributed by atoms with E-state index in [1.165, 1.54) is 12.8 Å². The van der Waals surface area contributed by atoms with Crippen molar-refractivity contribution in [2.45, 2.75) is 45.6 Å². The molecular formula is C14H28N2O. The van der Waals surface area contributed by atoms with E-state index in [4.69, 9.17) is 10.5 Å². The summed E-state index contributed by atoms with van der Waals surface area (Å²) in [4.78, 5) is 0. The molecule has 0 aromatic rings. The Balaban J connectivity index is 2.26. The normalized spacial score (nSPS) is 27.3. The summed E-state index contributed by atoms with van der Waals surface area (Å²) in [7, 11) is 0. The minimum atomic E-state index is 0.135. The van der Waals surface area contributed by atoms with Crippen molar-refractivity contribution in [3.63, 3.8) is 0 Å². The van der Waals surface area contributed by atoms with Crippen molar-refractivity contribution in [3.05, 3.63) is 12.2 Å². The van der Waals surface area contributed by atoms with Gasteiger partial charge in [0.25, 0.3) is 0 Å². The molecule has 0 aromatic carbocycles. The maximum Gasteiger partial charge on any atom is 0.0672 e. The minimum Gasteiger partial charge on any atom is -0.376 e. The average molecular weight is 240 g/mol. The Labute approximate surface area is 106 Å². The van der Waals surface area contributed by atoms with Crippen LogP contribution in [0.2, 0.25) is 0 Å². The molecule has 0 amide bonds. The van der Waals surface area contributed by atoms with E-state index in [2.05, 4.69) is 25.7 Å². The molecule has 0 radical (unpaired) electrons. The van der Waals surface area contributed by atoms with Crippen molar-refractivity contribution in [3.8, 4) is 0 Å². The first kappa shape index (κ1) is 14.7. The highest BCUT2D eigenvalue weighted by molar-refractivity contribution is 5.00. The van der Waals surface area contributed by atoms with Gasteiger partial charge in [-0.3, -0.25) is 0 Å². The summed E-state index contributed by atoms with van der Waals surface area (Å²) in [5, 5.41) is 3.59. The highest BCUT2D eigenvalue weighted by Gasteiger charge is 2.41. The molecule has 17 heavy (non-hydrogen) atoms. The van der Waals surface area contributed by atoms with Gasteiger partial charge in [-0.2, -0.15) is 0 Å². The van der Waals surface area contributed by atoms with E-state index in [1.807, 2.05) is 6.92 Å². The molecule has 1 unspecified atom stereocenters. The van der Waals surface area contributed by atoms with Gasteiger partial charge in [0.2, 0.25) is 0 Å². The van der Waals surface area contributed by atoms with Crippen LogP contribution in [0.4, 0.5) is 0 Å². The summed E-state index contributed by atoms with van der Waals surface area (Å²) >= 11 is 0. The number of ether oxygens (including phenoxy) is 1. The highest BCUT2D eigenvalue weighted by atomic mass is 16.5. The fourth-order valence-electron chi connectivity index (χ4n) is 2.70. The molecule has 1 atom stereocenters. The zero-order valence-electron chi connectivity index (χ0n) is 11.6. The van der Waals surface area contributed by atoms with Gasteiger partial charge in [-0.1, -0.05) is 26.0 Å². The second kappa shape index (κ2) is 5.98. The van der Waals surface area contributed by atoms with Gasteiger partial charge in [0.1, 0.15) is 0 Å².